The molecule has 9 heteroatoms. The quantitative estimate of drug-likeness (QED) is 0.619. The topological polar surface area (TPSA) is 71.0 Å². The van der Waals surface area contributed by atoms with Crippen LogP contribution in [0.5, 0.6) is 0 Å². The van der Waals surface area contributed by atoms with Gasteiger partial charge in [-0.25, -0.2) is 9.97 Å². The van der Waals surface area contributed by atoms with Crippen molar-refractivity contribution in [1.29, 1.82) is 0 Å². The zero-order chi connectivity index (χ0) is 23.2. The molecule has 3 aromatic rings. The molecule has 0 spiro atoms. The number of anilines is 1. The van der Waals surface area contributed by atoms with Gasteiger partial charge >= 0.3 is 6.18 Å². The van der Waals surface area contributed by atoms with Crippen LogP contribution >= 0.6 is 0 Å². The van der Waals surface area contributed by atoms with Gasteiger partial charge in [-0.2, -0.15) is 13.2 Å². The first-order valence-corrected chi connectivity index (χ1v) is 10.8. The van der Waals surface area contributed by atoms with Gasteiger partial charge in [0.25, 0.3) is 5.91 Å². The fraction of sp³-hybridized carbons (Fsp3) is 0.333. The highest BCUT2D eigenvalue weighted by Crippen LogP contribution is 2.41. The summed E-state index contributed by atoms with van der Waals surface area (Å²) in [5, 5.41) is 3.20. The summed E-state index contributed by atoms with van der Waals surface area (Å²) in [5.74, 6) is 0.229. The van der Waals surface area contributed by atoms with Crippen LogP contribution in [0.25, 0.3) is 11.3 Å². The van der Waals surface area contributed by atoms with E-state index in [4.69, 9.17) is 0 Å². The van der Waals surface area contributed by atoms with Crippen molar-refractivity contribution in [3.63, 3.8) is 0 Å². The van der Waals surface area contributed by atoms with Crippen molar-refractivity contribution in [3.05, 3.63) is 71.8 Å². The highest BCUT2D eigenvalue weighted by atomic mass is 19.4. The van der Waals surface area contributed by atoms with Crippen molar-refractivity contribution >= 4 is 11.7 Å². The summed E-state index contributed by atoms with van der Waals surface area (Å²) in [6, 6.07) is 11.2. The minimum Gasteiger partial charge on any atom is -0.364 e. The van der Waals surface area contributed by atoms with Gasteiger partial charge in [0.2, 0.25) is 0 Å². The smallest absolute Gasteiger partial charge is 0.364 e. The molecule has 0 aliphatic carbocycles. The van der Waals surface area contributed by atoms with Crippen molar-refractivity contribution in [3.8, 4) is 11.3 Å². The maximum atomic E-state index is 13.7. The number of carbonyl (C=O) groups is 1. The predicted molar refractivity (Wildman–Crippen MR) is 116 cm³/mol. The number of fused-ring (bicyclic) bond motifs is 2. The molecular weight excluding hydrogens is 431 g/mol. The zero-order valence-corrected chi connectivity index (χ0v) is 17.9. The summed E-state index contributed by atoms with van der Waals surface area (Å²) in [6.07, 6.45) is 1.45. The van der Waals surface area contributed by atoms with Gasteiger partial charge < -0.3 is 10.2 Å². The average molecular weight is 453 g/mol. The van der Waals surface area contributed by atoms with Gasteiger partial charge in [-0.15, -0.1) is 0 Å². The monoisotopic (exact) mass is 453 g/mol. The lowest BCUT2D eigenvalue weighted by molar-refractivity contribution is -0.141. The highest BCUT2D eigenvalue weighted by Gasteiger charge is 2.49. The average Bonchev–Trinajstić information content (AvgIpc) is 3.36. The summed E-state index contributed by atoms with van der Waals surface area (Å²) < 4.78 is 38.3. The summed E-state index contributed by atoms with van der Waals surface area (Å²) in [7, 11) is 0. The number of aromatic nitrogens is 3. The first-order valence-electron chi connectivity index (χ1n) is 10.8. The minimum absolute atomic E-state index is 0.0466. The molecule has 2 aliphatic rings. The number of carbonyl (C=O) groups excluding carboxylic acids is 1. The molecule has 0 radical (unpaired) electrons. The maximum absolute atomic E-state index is 13.7. The molecule has 6 nitrogen and oxygen atoms in total. The minimum atomic E-state index is -4.53. The number of benzene rings is 1. The number of nitrogens with one attached hydrogen (secondary N) is 1. The third-order valence-electron chi connectivity index (χ3n) is 6.47. The van der Waals surface area contributed by atoms with E-state index in [0.29, 0.717) is 12.0 Å². The Kier molecular flexibility index (Phi) is 5.26. The van der Waals surface area contributed by atoms with Crippen LogP contribution in [-0.4, -0.2) is 43.9 Å². The summed E-state index contributed by atoms with van der Waals surface area (Å²) >= 11 is 0. The molecule has 2 bridgehead atoms. The second-order valence-electron chi connectivity index (χ2n) is 8.49. The number of halogens is 3. The van der Waals surface area contributed by atoms with Gasteiger partial charge in [0.05, 0.1) is 30.2 Å². The highest BCUT2D eigenvalue weighted by molar-refractivity contribution is 6.02. The Hall–Kier alpha value is -3.49. The molecular formula is C24H22F3N5O. The van der Waals surface area contributed by atoms with E-state index in [2.05, 4.69) is 20.3 Å². The number of amides is 1. The maximum Gasteiger partial charge on any atom is 0.434 e. The van der Waals surface area contributed by atoms with Gasteiger partial charge in [0.1, 0.15) is 5.82 Å². The number of hydrogen-bond acceptors (Lipinski definition) is 5. The zero-order valence-electron chi connectivity index (χ0n) is 17.9. The van der Waals surface area contributed by atoms with Crippen LogP contribution < -0.4 is 5.32 Å². The Bertz CT molecular complexity index is 1170. The van der Waals surface area contributed by atoms with Crippen molar-refractivity contribution in [2.45, 2.75) is 50.5 Å². The third kappa shape index (κ3) is 3.92. The Morgan fingerprint density at radius 2 is 1.91 bits per heavy atom. The van der Waals surface area contributed by atoms with Crippen molar-refractivity contribution in [2.24, 2.45) is 0 Å². The summed E-state index contributed by atoms with van der Waals surface area (Å²) in [4.78, 5) is 27.5. The first-order chi connectivity index (χ1) is 15.8. The number of alkyl halides is 3. The van der Waals surface area contributed by atoms with Gasteiger partial charge in [-0.1, -0.05) is 18.2 Å². The van der Waals surface area contributed by atoms with E-state index in [0.717, 1.165) is 42.1 Å². The molecule has 2 saturated heterocycles. The van der Waals surface area contributed by atoms with Crippen LogP contribution in [0.3, 0.4) is 0 Å². The molecule has 1 aromatic carbocycles. The lowest BCUT2D eigenvalue weighted by atomic mass is 9.95. The second kappa shape index (κ2) is 8.13. The van der Waals surface area contributed by atoms with E-state index in [1.807, 2.05) is 48.2 Å². The Morgan fingerprint density at radius 1 is 1.06 bits per heavy atom. The Balaban J connectivity index is 1.39. The summed E-state index contributed by atoms with van der Waals surface area (Å²) in [5.41, 5.74) is 2.13. The first kappa shape index (κ1) is 21.4. The van der Waals surface area contributed by atoms with Crippen molar-refractivity contribution in [2.75, 3.05) is 5.32 Å². The number of pyridine rings is 1. The molecule has 2 aromatic heterocycles. The van der Waals surface area contributed by atoms with Crippen LogP contribution in [0, 0.1) is 6.92 Å². The Morgan fingerprint density at radius 3 is 2.61 bits per heavy atom. The molecule has 170 valence electrons. The van der Waals surface area contributed by atoms with E-state index < -0.39 is 11.9 Å². The van der Waals surface area contributed by atoms with Crippen LogP contribution in [-0.2, 0) is 6.18 Å². The number of aryl methyl sites for hydroxylation is 1. The van der Waals surface area contributed by atoms with E-state index in [9.17, 15) is 18.0 Å². The van der Waals surface area contributed by atoms with Crippen molar-refractivity contribution < 1.29 is 18.0 Å². The SMILES string of the molecule is Cc1cccc(C(=O)N2C3CCC2C(Nc2cnc(C(F)(F)F)cn2)C3)c1-c1ccccn1. The second-order valence-corrected chi connectivity index (χ2v) is 8.49. The van der Waals surface area contributed by atoms with E-state index in [-0.39, 0.29) is 29.9 Å². The number of rotatable bonds is 4. The van der Waals surface area contributed by atoms with Crippen molar-refractivity contribution in [1.82, 2.24) is 19.9 Å². The molecule has 2 fully saturated rings. The summed E-state index contributed by atoms with van der Waals surface area (Å²) in [6.45, 7) is 1.97. The largest absolute Gasteiger partial charge is 0.434 e. The van der Waals surface area contributed by atoms with E-state index in [1.54, 1.807) is 6.20 Å². The van der Waals surface area contributed by atoms with Crippen LogP contribution in [0.1, 0.15) is 40.9 Å². The van der Waals surface area contributed by atoms with E-state index >= 15 is 0 Å². The van der Waals surface area contributed by atoms with Gasteiger partial charge in [0, 0.05) is 23.4 Å². The molecule has 1 N–H and O–H groups in total. The molecule has 5 rings (SSSR count). The van der Waals surface area contributed by atoms with Crippen LogP contribution in [0.15, 0.2) is 55.0 Å². The lowest BCUT2D eigenvalue weighted by Gasteiger charge is -2.26. The number of hydrogen-bond donors (Lipinski definition) is 1. The van der Waals surface area contributed by atoms with Crippen LogP contribution in [0.4, 0.5) is 19.0 Å². The predicted octanol–water partition coefficient (Wildman–Crippen LogP) is 4.72. The molecule has 3 unspecified atom stereocenters. The standard InChI is InChI=1S/C24H22F3N5O/c1-14-5-4-6-16(22(14)17-7-2-3-10-28-17)23(33)32-15-8-9-19(32)18(11-15)31-21-13-29-20(12-30-21)24(25,26)27/h2-7,10,12-13,15,18-19H,8-9,11H2,1H3,(H,30,31). The molecule has 4 heterocycles. The fourth-order valence-corrected chi connectivity index (χ4v) is 5.03. The lowest BCUT2D eigenvalue weighted by Crippen LogP contribution is -2.40. The number of nitrogens with zero attached hydrogens (tertiary/aromatic N) is 4. The van der Waals surface area contributed by atoms with Crippen LogP contribution in [0.2, 0.25) is 0 Å². The molecule has 2 aliphatic heterocycles. The molecule has 1 amide bonds. The normalized spacial score (nSPS) is 21.9. The molecule has 33 heavy (non-hydrogen) atoms. The molecule has 0 saturated carbocycles. The molecule has 3 atom stereocenters. The van der Waals surface area contributed by atoms with Gasteiger partial charge in [-0.05, 0) is 49.9 Å². The Labute approximate surface area is 188 Å². The van der Waals surface area contributed by atoms with E-state index in [1.165, 1.54) is 0 Å². The fourth-order valence-electron chi connectivity index (χ4n) is 5.03. The van der Waals surface area contributed by atoms with Gasteiger partial charge in [-0.3, -0.25) is 9.78 Å². The third-order valence-corrected chi connectivity index (χ3v) is 6.47. The van der Waals surface area contributed by atoms with Gasteiger partial charge in [0.15, 0.2) is 5.69 Å².